The van der Waals surface area contributed by atoms with Gasteiger partial charge in [0, 0.05) is 5.39 Å². The Bertz CT molecular complexity index is 1540. The molecule has 4 aliphatic carbocycles. The Labute approximate surface area is 205 Å². The number of carbonyl (C=O) groups is 1. The van der Waals surface area contributed by atoms with Crippen LogP contribution in [0.1, 0.15) is 45.3 Å². The Kier molecular flexibility index (Phi) is 6.01. The smallest absolute Gasteiger partial charge is 0.346 e. The van der Waals surface area contributed by atoms with Crippen LogP contribution >= 0.6 is 0 Å². The van der Waals surface area contributed by atoms with Crippen LogP contribution in [0.5, 0.6) is 0 Å². The zero-order chi connectivity index (χ0) is 29.8. The van der Waals surface area contributed by atoms with Crippen molar-refractivity contribution in [1.29, 1.82) is 0 Å². The van der Waals surface area contributed by atoms with E-state index in [1.165, 1.54) is 0 Å². The number of rotatable bonds is 2. The lowest BCUT2D eigenvalue weighted by Crippen LogP contribution is -2.43. The van der Waals surface area contributed by atoms with Gasteiger partial charge in [-0.25, -0.2) is 31.1 Å². The van der Waals surface area contributed by atoms with Gasteiger partial charge in [0.25, 0.3) is 0 Å². The summed E-state index contributed by atoms with van der Waals surface area (Å²) in [5.74, 6) is -50.8. The van der Waals surface area contributed by atoms with E-state index >= 15 is 39.5 Å². The summed E-state index contributed by atoms with van der Waals surface area (Å²) in [7, 11) is 0. The molecule has 3 aromatic rings. The number of aryl methyl sites for hydroxylation is 1. The molecule has 4 aliphatic rings. The molecule has 0 aliphatic heterocycles. The summed E-state index contributed by atoms with van der Waals surface area (Å²) in [5, 5.41) is -2.16. The molecule has 7 rings (SSSR count). The maximum absolute atomic E-state index is 15.4. The van der Waals surface area contributed by atoms with Gasteiger partial charge in [0.2, 0.25) is 0 Å². The standard InChI is InChI=1S/C22H8F14O3/c1-3-38-18(37)5-4(2)39-17-6(5)7-11(23)16(28)10(17)22(35,36)21(33,34)9-14(26)12(24)8(13(25)15(9)27)20(31,32)19(7,29)30/h3H2,1-2H3. The number of carbonyl (C=O) groups excluding carboxylic acids is 1. The lowest BCUT2D eigenvalue weighted by atomic mass is 9.84. The fraction of sp³-hybridized carbons (Fsp3) is 0.318. The second-order valence-corrected chi connectivity index (χ2v) is 8.14. The number of benzene rings is 2. The summed E-state index contributed by atoms with van der Waals surface area (Å²) in [4.78, 5) is 12.4. The third kappa shape index (κ3) is 3.27. The first kappa shape index (κ1) is 28.5. The molecule has 1 aromatic heterocycles. The highest BCUT2D eigenvalue weighted by atomic mass is 19.3. The van der Waals surface area contributed by atoms with Crippen LogP contribution in [0.4, 0.5) is 61.5 Å². The van der Waals surface area contributed by atoms with Gasteiger partial charge in [-0.1, -0.05) is 0 Å². The average Bonchev–Trinajstić information content (AvgIpc) is 3.13. The fourth-order valence-corrected chi connectivity index (χ4v) is 4.22. The van der Waals surface area contributed by atoms with Crippen molar-refractivity contribution in [3.05, 3.63) is 68.5 Å². The molecule has 0 amide bonds. The van der Waals surface area contributed by atoms with Crippen molar-refractivity contribution in [1.82, 2.24) is 0 Å². The molecule has 4 bridgehead atoms. The van der Waals surface area contributed by atoms with Crippen molar-refractivity contribution < 1.29 is 75.4 Å². The Balaban J connectivity index is 2.43. The Morgan fingerprint density at radius 2 is 0.974 bits per heavy atom. The minimum absolute atomic E-state index is 0.565. The number of hydrogen-bond acceptors (Lipinski definition) is 3. The molecular weight excluding hydrogens is 578 g/mol. The van der Waals surface area contributed by atoms with Crippen molar-refractivity contribution >= 4 is 16.9 Å². The minimum atomic E-state index is -6.66. The number of alkyl halides is 8. The number of esters is 1. The Morgan fingerprint density at radius 1 is 0.641 bits per heavy atom. The third-order valence-corrected chi connectivity index (χ3v) is 5.98. The first-order valence-electron chi connectivity index (χ1n) is 10.2. The van der Waals surface area contributed by atoms with Crippen LogP contribution in [0, 0.1) is 41.8 Å². The van der Waals surface area contributed by atoms with E-state index in [1.54, 1.807) is 0 Å². The molecule has 2 aromatic carbocycles. The second-order valence-electron chi connectivity index (χ2n) is 8.14. The summed E-state index contributed by atoms with van der Waals surface area (Å²) >= 11 is 0. The van der Waals surface area contributed by atoms with Gasteiger partial charge in [-0.2, -0.15) is 35.1 Å². The lowest BCUT2D eigenvalue weighted by Gasteiger charge is -2.33. The van der Waals surface area contributed by atoms with Gasteiger partial charge >= 0.3 is 29.7 Å². The first-order valence-corrected chi connectivity index (χ1v) is 10.2. The molecule has 0 atom stereocenters. The fourth-order valence-electron chi connectivity index (χ4n) is 4.22. The third-order valence-electron chi connectivity index (χ3n) is 5.98. The number of furan rings is 1. The molecule has 0 fully saturated rings. The normalized spacial score (nSPS) is 18.8. The van der Waals surface area contributed by atoms with E-state index in [9.17, 15) is 26.7 Å². The summed E-state index contributed by atoms with van der Waals surface area (Å²) in [6.45, 7) is 1.02. The van der Waals surface area contributed by atoms with Crippen LogP contribution in [0.25, 0.3) is 11.0 Å². The van der Waals surface area contributed by atoms with Gasteiger partial charge in [0.15, 0.2) is 34.9 Å². The summed E-state index contributed by atoms with van der Waals surface area (Å²) in [6.07, 6.45) is 0. The molecule has 0 spiro atoms. The van der Waals surface area contributed by atoms with Gasteiger partial charge in [-0.05, 0) is 13.8 Å². The zero-order valence-electron chi connectivity index (χ0n) is 18.7. The number of ether oxygens (including phenoxy) is 1. The highest BCUT2D eigenvalue weighted by Crippen LogP contribution is 2.60. The molecule has 0 N–H and O–H groups in total. The predicted molar refractivity (Wildman–Crippen MR) is 98.7 cm³/mol. The molecular formula is C22H8F14O3. The van der Waals surface area contributed by atoms with Gasteiger partial charge in [-0.3, -0.25) is 0 Å². The Hall–Kier alpha value is -3.53. The van der Waals surface area contributed by atoms with E-state index in [4.69, 9.17) is 0 Å². The van der Waals surface area contributed by atoms with Gasteiger partial charge < -0.3 is 9.15 Å². The predicted octanol–water partition coefficient (Wildman–Crippen LogP) is 7.83. The van der Waals surface area contributed by atoms with Crippen molar-refractivity contribution in [2.24, 2.45) is 0 Å². The maximum atomic E-state index is 15.4. The molecule has 3 nitrogen and oxygen atoms in total. The second kappa shape index (κ2) is 8.24. The van der Waals surface area contributed by atoms with Crippen LogP contribution in [-0.2, 0) is 28.4 Å². The average molecular weight is 586 g/mol. The van der Waals surface area contributed by atoms with E-state index in [2.05, 4.69) is 9.15 Å². The number of halogens is 14. The van der Waals surface area contributed by atoms with E-state index in [1.807, 2.05) is 0 Å². The number of hydrogen-bond donors (Lipinski definition) is 0. The largest absolute Gasteiger partial charge is 0.462 e. The summed E-state index contributed by atoms with van der Waals surface area (Å²) in [5.41, 5.74) is -17.2. The van der Waals surface area contributed by atoms with Crippen molar-refractivity contribution in [3.8, 4) is 0 Å². The van der Waals surface area contributed by atoms with Gasteiger partial charge in [-0.15, -0.1) is 0 Å². The topological polar surface area (TPSA) is 39.4 Å². The molecule has 0 unspecified atom stereocenters. The molecule has 1 heterocycles. The highest BCUT2D eigenvalue weighted by molar-refractivity contribution is 6.07. The van der Waals surface area contributed by atoms with E-state index in [0.29, 0.717) is 6.92 Å². The minimum Gasteiger partial charge on any atom is -0.462 e. The van der Waals surface area contributed by atoms with Crippen LogP contribution in [0.15, 0.2) is 4.42 Å². The molecule has 17 heteroatoms. The Morgan fingerprint density at radius 3 is 1.38 bits per heavy atom. The van der Waals surface area contributed by atoms with Crippen LogP contribution in [0.2, 0.25) is 0 Å². The molecule has 0 radical (unpaired) electrons. The van der Waals surface area contributed by atoms with E-state index < -0.39 is 116 Å². The monoisotopic (exact) mass is 586 g/mol. The molecule has 0 saturated carbocycles. The molecule has 0 saturated heterocycles. The summed E-state index contributed by atoms with van der Waals surface area (Å²) < 4.78 is 218. The lowest BCUT2D eigenvalue weighted by molar-refractivity contribution is -0.233. The highest BCUT2D eigenvalue weighted by Gasteiger charge is 2.69. The van der Waals surface area contributed by atoms with Crippen molar-refractivity contribution in [2.45, 2.75) is 37.5 Å². The van der Waals surface area contributed by atoms with Gasteiger partial charge in [0.05, 0.1) is 12.2 Å². The van der Waals surface area contributed by atoms with Crippen molar-refractivity contribution in [3.63, 3.8) is 0 Å². The van der Waals surface area contributed by atoms with Crippen LogP contribution in [0.3, 0.4) is 0 Å². The maximum Gasteiger partial charge on any atom is 0.346 e. The van der Waals surface area contributed by atoms with E-state index in [-0.39, 0.29) is 0 Å². The zero-order valence-corrected chi connectivity index (χ0v) is 18.7. The van der Waals surface area contributed by atoms with Crippen molar-refractivity contribution in [2.75, 3.05) is 6.61 Å². The quantitative estimate of drug-likeness (QED) is 0.175. The van der Waals surface area contributed by atoms with Crippen LogP contribution in [-0.4, -0.2) is 12.6 Å². The van der Waals surface area contributed by atoms with E-state index in [0.717, 1.165) is 6.92 Å². The molecule has 39 heavy (non-hydrogen) atoms. The van der Waals surface area contributed by atoms with Crippen LogP contribution < -0.4 is 0 Å². The SMILES string of the molecule is CCOC(=O)c1c(C)oc2c3c(F)c(F)c(c12)C(F)(F)C(F)(F)c1c(F)c(F)c(c(F)c1F)C(F)(F)C3(F)F. The molecule has 212 valence electrons. The first-order chi connectivity index (χ1) is 17.7. The van der Waals surface area contributed by atoms with Gasteiger partial charge in [0.1, 0.15) is 33.6 Å². The summed E-state index contributed by atoms with van der Waals surface area (Å²) in [6, 6.07) is 0.